The highest BCUT2D eigenvalue weighted by molar-refractivity contribution is 7.16. The number of carboxylic acids is 2. The predicted octanol–water partition coefficient (Wildman–Crippen LogP) is 2.24. The van der Waals surface area contributed by atoms with Gasteiger partial charge in [-0.15, -0.1) is 11.3 Å². The first-order valence-electron chi connectivity index (χ1n) is 11.7. The second-order valence-electron chi connectivity index (χ2n) is 8.66. The largest absolute Gasteiger partial charge is 0.478 e. The molecule has 2 aromatic heterocycles. The summed E-state index contributed by atoms with van der Waals surface area (Å²) in [5.41, 5.74) is 1.35. The molecule has 0 aliphatic carbocycles. The topological polar surface area (TPSA) is 115 Å². The van der Waals surface area contributed by atoms with Crippen LogP contribution in [0, 0.1) is 0 Å². The van der Waals surface area contributed by atoms with Crippen molar-refractivity contribution in [1.82, 2.24) is 14.8 Å². The van der Waals surface area contributed by atoms with Crippen LogP contribution in [0.4, 0.5) is 18.2 Å². The number of hydrogen-bond acceptors (Lipinski definition) is 8. The molecule has 1 saturated heterocycles. The number of carbonyl (C=O) groups is 2. The van der Waals surface area contributed by atoms with Crippen molar-refractivity contribution >= 4 is 40.2 Å². The van der Waals surface area contributed by atoms with Gasteiger partial charge < -0.3 is 25.2 Å². The molecule has 0 spiro atoms. The zero-order valence-electron chi connectivity index (χ0n) is 20.9. The van der Waals surface area contributed by atoms with E-state index in [1.807, 2.05) is 12.1 Å². The summed E-state index contributed by atoms with van der Waals surface area (Å²) >= 11 is 0.743. The number of likely N-dealkylation sites (N-methyl/N-ethyl adjacent to an activating group) is 1. The molecule has 206 valence electrons. The predicted molar refractivity (Wildman–Crippen MR) is 137 cm³/mol. The zero-order valence-corrected chi connectivity index (χ0v) is 21.7. The van der Waals surface area contributed by atoms with Gasteiger partial charge in [0.25, 0.3) is 0 Å². The Morgan fingerprint density at radius 1 is 1.26 bits per heavy atom. The van der Waals surface area contributed by atoms with Gasteiger partial charge in [0.1, 0.15) is 9.88 Å². The molecule has 13 heteroatoms. The standard InChI is InChI=1S/C21H25F3N4OS.C4H4O4/c1-27-8-9-28(13-15(27)6-4-10-29-2)19-16-11-17(21(22,23)24)30-20(16)26-12-14-5-3-7-25-18(14)19;5-3(6)1-2-4(7)8/h3,5,7,11-12,15,26H,4,6,8-10,13H2,1-2H3;1-2H,(H,5,6)(H,7,8). The summed E-state index contributed by atoms with van der Waals surface area (Å²) in [5.74, 6) is -2.51. The lowest BCUT2D eigenvalue weighted by Crippen LogP contribution is -2.52. The van der Waals surface area contributed by atoms with Gasteiger partial charge in [-0.25, -0.2) is 9.59 Å². The van der Waals surface area contributed by atoms with Crippen LogP contribution >= 0.6 is 11.3 Å². The van der Waals surface area contributed by atoms with Crippen LogP contribution in [0.2, 0.25) is 0 Å². The number of hydrogen-bond donors (Lipinski definition) is 3. The zero-order chi connectivity index (χ0) is 27.9. The molecule has 9 nitrogen and oxygen atoms in total. The molecule has 1 unspecified atom stereocenters. The smallest absolute Gasteiger partial charge is 0.425 e. The van der Waals surface area contributed by atoms with E-state index in [-0.39, 0.29) is 0 Å². The number of ether oxygens (including phenoxy) is 1. The van der Waals surface area contributed by atoms with Crippen molar-refractivity contribution in [3.8, 4) is 0 Å². The average Bonchev–Trinajstić information content (AvgIpc) is 3.22. The normalized spacial score (nSPS) is 17.4. The summed E-state index contributed by atoms with van der Waals surface area (Å²) in [6, 6.07) is 5.34. The fourth-order valence-corrected chi connectivity index (χ4v) is 5.10. The van der Waals surface area contributed by atoms with E-state index in [1.165, 1.54) is 6.07 Å². The molecule has 1 fully saturated rings. The minimum atomic E-state index is -4.37. The first-order valence-corrected chi connectivity index (χ1v) is 12.5. The summed E-state index contributed by atoms with van der Waals surface area (Å²) < 4.78 is 45.5. The van der Waals surface area contributed by atoms with Crippen LogP contribution < -0.4 is 15.9 Å². The molecule has 0 aromatic carbocycles. The number of rotatable bonds is 7. The van der Waals surface area contributed by atoms with Crippen LogP contribution in [0.15, 0.2) is 36.5 Å². The van der Waals surface area contributed by atoms with Crippen LogP contribution in [-0.4, -0.2) is 83.4 Å². The number of methoxy groups -OCH3 is 1. The van der Waals surface area contributed by atoms with E-state index in [0.29, 0.717) is 35.4 Å². The molecule has 3 N–H and O–H groups in total. The van der Waals surface area contributed by atoms with E-state index < -0.39 is 23.0 Å². The van der Waals surface area contributed by atoms with E-state index >= 15 is 0 Å². The maximum absolute atomic E-state index is 13.4. The van der Waals surface area contributed by atoms with Crippen LogP contribution in [-0.2, 0) is 20.5 Å². The lowest BCUT2D eigenvalue weighted by molar-refractivity contribution is -0.134. The number of pyridine rings is 1. The Bertz CT molecular complexity index is 1280. The lowest BCUT2D eigenvalue weighted by atomic mass is 10.0. The van der Waals surface area contributed by atoms with Gasteiger partial charge in [-0.2, -0.15) is 13.2 Å². The Morgan fingerprint density at radius 3 is 2.61 bits per heavy atom. The van der Waals surface area contributed by atoms with Crippen molar-refractivity contribution in [2.75, 3.05) is 45.7 Å². The van der Waals surface area contributed by atoms with Crippen molar-refractivity contribution in [1.29, 1.82) is 0 Å². The third-order valence-electron chi connectivity index (χ3n) is 6.04. The van der Waals surface area contributed by atoms with Crippen molar-refractivity contribution in [3.05, 3.63) is 57.6 Å². The molecule has 2 aliphatic heterocycles. The number of carboxylic acid groups (broad SMARTS) is 2. The molecular formula is C25H29F3N4O5S. The quantitative estimate of drug-likeness (QED) is 0.350. The molecular weight excluding hydrogens is 525 g/mol. The summed E-state index contributed by atoms with van der Waals surface area (Å²) in [6.45, 7) is 3.02. The number of nitrogens with one attached hydrogen (secondary N) is 1. The van der Waals surface area contributed by atoms with Crippen molar-refractivity contribution in [2.24, 2.45) is 0 Å². The van der Waals surface area contributed by atoms with Gasteiger partial charge in [0, 0.05) is 74.7 Å². The Balaban J connectivity index is 0.000000436. The number of nitrogens with zero attached hydrogens (tertiary/aromatic N) is 3. The molecule has 0 saturated carbocycles. The van der Waals surface area contributed by atoms with E-state index in [0.717, 1.165) is 60.1 Å². The molecule has 0 radical (unpaired) electrons. The van der Waals surface area contributed by atoms with Crippen LogP contribution in [0.25, 0.3) is 11.9 Å². The first-order chi connectivity index (χ1) is 18.0. The second-order valence-corrected chi connectivity index (χ2v) is 9.71. The fraction of sp³-hybridized carbons (Fsp3) is 0.400. The SMILES string of the molecule is COCCCC1CN(C2=c3ncccc3=CNc3sc(C(F)(F)F)cc32)CCN1C.O=C(O)C=CC(=O)O. The summed E-state index contributed by atoms with van der Waals surface area (Å²) in [4.78, 5) is 27.6. The highest BCUT2D eigenvalue weighted by atomic mass is 32.1. The van der Waals surface area contributed by atoms with E-state index in [9.17, 15) is 22.8 Å². The number of thiophene rings is 1. The van der Waals surface area contributed by atoms with Gasteiger partial charge in [-0.05, 0) is 38.1 Å². The number of piperazine rings is 1. The third kappa shape index (κ3) is 7.55. The highest BCUT2D eigenvalue weighted by Crippen LogP contribution is 2.42. The Labute approximate surface area is 221 Å². The third-order valence-corrected chi connectivity index (χ3v) is 7.15. The Hall–Kier alpha value is -3.42. The van der Waals surface area contributed by atoms with E-state index in [4.69, 9.17) is 14.9 Å². The minimum Gasteiger partial charge on any atom is -0.478 e. The van der Waals surface area contributed by atoms with Crippen molar-refractivity contribution < 1.29 is 37.7 Å². The van der Waals surface area contributed by atoms with Crippen LogP contribution in [0.5, 0.6) is 0 Å². The Kier molecular flexibility index (Phi) is 9.89. The molecule has 2 aromatic rings. The molecule has 0 bridgehead atoms. The summed E-state index contributed by atoms with van der Waals surface area (Å²) in [5, 5.41) is 20.8. The first kappa shape index (κ1) is 29.1. The van der Waals surface area contributed by atoms with E-state index in [1.54, 1.807) is 19.5 Å². The second kappa shape index (κ2) is 12.9. The van der Waals surface area contributed by atoms with Crippen LogP contribution in [0.3, 0.4) is 0 Å². The summed E-state index contributed by atoms with van der Waals surface area (Å²) in [7, 11) is 3.80. The number of anilines is 1. The maximum atomic E-state index is 13.4. The Morgan fingerprint density at radius 2 is 1.97 bits per heavy atom. The molecule has 1 atom stereocenters. The van der Waals surface area contributed by atoms with Gasteiger partial charge in [-0.1, -0.05) is 0 Å². The minimum absolute atomic E-state index is 0.304. The highest BCUT2D eigenvalue weighted by Gasteiger charge is 2.36. The van der Waals surface area contributed by atoms with Gasteiger partial charge in [-0.3, -0.25) is 9.88 Å². The molecule has 0 amide bonds. The number of aromatic nitrogens is 1. The summed E-state index contributed by atoms with van der Waals surface area (Å²) in [6.07, 6.45) is 2.10. The van der Waals surface area contributed by atoms with Gasteiger partial charge >= 0.3 is 18.1 Å². The molecule has 4 rings (SSSR count). The maximum Gasteiger partial charge on any atom is 0.425 e. The number of fused-ring (bicyclic) bond motifs is 2. The number of aliphatic carboxylic acids is 2. The number of halogens is 3. The molecule has 38 heavy (non-hydrogen) atoms. The number of alkyl halides is 3. The van der Waals surface area contributed by atoms with E-state index in [2.05, 4.69) is 27.1 Å². The molecule has 4 heterocycles. The lowest BCUT2D eigenvalue weighted by Gasteiger charge is -2.41. The van der Waals surface area contributed by atoms with Gasteiger partial charge in [0.15, 0.2) is 0 Å². The van der Waals surface area contributed by atoms with Crippen molar-refractivity contribution in [3.63, 3.8) is 0 Å². The average molecular weight is 555 g/mol. The fourth-order valence-electron chi connectivity index (χ4n) is 4.20. The van der Waals surface area contributed by atoms with Gasteiger partial charge in [0.05, 0.1) is 11.0 Å². The van der Waals surface area contributed by atoms with Gasteiger partial charge in [0.2, 0.25) is 0 Å². The van der Waals surface area contributed by atoms with Crippen LogP contribution in [0.1, 0.15) is 23.3 Å². The van der Waals surface area contributed by atoms with Crippen molar-refractivity contribution in [2.45, 2.75) is 25.1 Å². The molecule has 2 aliphatic rings. The monoisotopic (exact) mass is 554 g/mol.